The van der Waals surface area contributed by atoms with Crippen molar-refractivity contribution in [1.29, 1.82) is 0 Å². The van der Waals surface area contributed by atoms with Crippen molar-refractivity contribution in [2.24, 2.45) is 0 Å². The predicted octanol–water partition coefficient (Wildman–Crippen LogP) is 1.77. The number of hydroxylamine groups is 2. The molecule has 6 heteroatoms. The van der Waals surface area contributed by atoms with Gasteiger partial charge >= 0.3 is 6.09 Å². The first-order valence-corrected chi connectivity index (χ1v) is 7.29. The summed E-state index contributed by atoms with van der Waals surface area (Å²) >= 11 is 0. The molecule has 0 unspecified atom stereocenters. The largest absolute Gasteiger partial charge is 0.445 e. The molecule has 1 aliphatic carbocycles. The zero-order chi connectivity index (χ0) is 15.5. The minimum Gasteiger partial charge on any atom is -0.445 e. The van der Waals surface area contributed by atoms with Crippen molar-refractivity contribution in [1.82, 2.24) is 10.4 Å². The van der Waals surface area contributed by atoms with Crippen LogP contribution in [0.4, 0.5) is 4.79 Å². The number of benzene rings is 1. The Morgan fingerprint density at radius 1 is 1.36 bits per heavy atom. The minimum absolute atomic E-state index is 0.0221. The number of ether oxygens (including phenoxy) is 1. The summed E-state index contributed by atoms with van der Waals surface area (Å²) in [5.41, 5.74) is 0.891. The number of amides is 2. The summed E-state index contributed by atoms with van der Waals surface area (Å²) < 4.78 is 5.10. The fourth-order valence-corrected chi connectivity index (χ4v) is 2.53. The van der Waals surface area contributed by atoms with Crippen molar-refractivity contribution in [2.75, 3.05) is 0 Å². The van der Waals surface area contributed by atoms with Crippen molar-refractivity contribution in [3.05, 3.63) is 48.0 Å². The highest BCUT2D eigenvalue weighted by Crippen LogP contribution is 2.29. The lowest BCUT2D eigenvalue weighted by molar-refractivity contribution is -0.184. The highest BCUT2D eigenvalue weighted by atomic mass is 16.7. The van der Waals surface area contributed by atoms with E-state index in [9.17, 15) is 9.59 Å². The Labute approximate surface area is 128 Å². The molecule has 2 amide bonds. The monoisotopic (exact) mass is 302 g/mol. The van der Waals surface area contributed by atoms with Crippen molar-refractivity contribution in [3.63, 3.8) is 0 Å². The fraction of sp³-hybridized carbons (Fsp3) is 0.375. The lowest BCUT2D eigenvalue weighted by Crippen LogP contribution is -2.48. The van der Waals surface area contributed by atoms with E-state index in [0.29, 0.717) is 0 Å². The van der Waals surface area contributed by atoms with E-state index < -0.39 is 12.1 Å². The van der Waals surface area contributed by atoms with Crippen LogP contribution in [0.15, 0.2) is 42.5 Å². The molecule has 1 aromatic carbocycles. The van der Waals surface area contributed by atoms with Crippen LogP contribution in [0.3, 0.4) is 0 Å². The van der Waals surface area contributed by atoms with Gasteiger partial charge in [-0.3, -0.25) is 9.63 Å². The normalized spacial score (nSPS) is 23.4. The number of alkyl carbamates (subject to hydrolysis) is 1. The van der Waals surface area contributed by atoms with Crippen molar-refractivity contribution >= 4 is 12.0 Å². The van der Waals surface area contributed by atoms with Crippen molar-refractivity contribution < 1.29 is 19.2 Å². The fourth-order valence-electron chi connectivity index (χ4n) is 2.53. The molecule has 1 fully saturated rings. The van der Waals surface area contributed by atoms with Gasteiger partial charge in [0.25, 0.3) is 5.91 Å². The van der Waals surface area contributed by atoms with Crippen molar-refractivity contribution in [3.8, 4) is 0 Å². The maximum atomic E-state index is 12.2. The number of nitrogens with one attached hydrogen (secondary N) is 1. The van der Waals surface area contributed by atoms with Crippen LogP contribution in [0.5, 0.6) is 0 Å². The first kappa shape index (κ1) is 14.6. The molecule has 1 aliphatic heterocycles. The summed E-state index contributed by atoms with van der Waals surface area (Å²) in [6.45, 7) is 1.78. The third-order valence-electron chi connectivity index (χ3n) is 3.71. The van der Waals surface area contributed by atoms with Gasteiger partial charge in [-0.05, 0) is 12.5 Å². The highest BCUT2D eigenvalue weighted by Gasteiger charge is 2.40. The average molecular weight is 302 g/mol. The summed E-state index contributed by atoms with van der Waals surface area (Å²) in [7, 11) is 0. The number of fused-ring (bicyclic) bond motifs is 2. The molecule has 1 N–H and O–H groups in total. The topological polar surface area (TPSA) is 67.9 Å². The van der Waals surface area contributed by atoms with Gasteiger partial charge in [-0.15, -0.1) is 0 Å². The number of hydrogen-bond donors (Lipinski definition) is 1. The maximum absolute atomic E-state index is 12.2. The molecule has 0 saturated carbocycles. The summed E-state index contributed by atoms with van der Waals surface area (Å²) in [6, 6.07) is 8.64. The van der Waals surface area contributed by atoms with E-state index in [2.05, 4.69) is 5.32 Å². The highest BCUT2D eigenvalue weighted by molar-refractivity contribution is 5.85. The molecule has 3 rings (SSSR count). The molecule has 6 nitrogen and oxygen atoms in total. The Hall–Kier alpha value is -2.34. The van der Waals surface area contributed by atoms with E-state index in [0.717, 1.165) is 12.0 Å². The van der Waals surface area contributed by atoms with Gasteiger partial charge in [0.15, 0.2) is 0 Å². The molecule has 1 heterocycles. The van der Waals surface area contributed by atoms with Crippen LogP contribution < -0.4 is 5.32 Å². The van der Waals surface area contributed by atoms with Gasteiger partial charge in [-0.2, -0.15) is 0 Å². The molecule has 0 spiro atoms. The standard InChI is InChI=1S/C16H18N2O4/c1-11(15(19)18-13-7-8-14(9-13)22-18)17-16(20)21-10-12-5-3-2-4-6-12/h2-8,11,13-14H,9-10H2,1H3,(H,17,20)/t11-,13-,14+/m0/s1. The van der Waals surface area contributed by atoms with Gasteiger partial charge in [0, 0.05) is 6.42 Å². The van der Waals surface area contributed by atoms with E-state index in [-0.39, 0.29) is 24.7 Å². The first-order valence-electron chi connectivity index (χ1n) is 7.29. The summed E-state index contributed by atoms with van der Waals surface area (Å²) in [6.07, 6.45) is 4.04. The smallest absolute Gasteiger partial charge is 0.408 e. The third kappa shape index (κ3) is 3.12. The molecule has 116 valence electrons. The van der Waals surface area contributed by atoms with E-state index in [1.165, 1.54) is 5.06 Å². The summed E-state index contributed by atoms with van der Waals surface area (Å²) in [4.78, 5) is 29.4. The molecular formula is C16H18N2O4. The number of carbonyl (C=O) groups is 2. The van der Waals surface area contributed by atoms with Crippen LogP contribution in [0.1, 0.15) is 18.9 Å². The van der Waals surface area contributed by atoms with Gasteiger partial charge in [0.05, 0.1) is 6.04 Å². The molecule has 2 aliphatic rings. The summed E-state index contributed by atoms with van der Waals surface area (Å²) in [5, 5.41) is 3.87. The quantitative estimate of drug-likeness (QED) is 0.861. The molecule has 3 atom stereocenters. The second-order valence-electron chi connectivity index (χ2n) is 5.42. The van der Waals surface area contributed by atoms with Gasteiger partial charge in [-0.25, -0.2) is 9.86 Å². The van der Waals surface area contributed by atoms with Crippen LogP contribution in [0.25, 0.3) is 0 Å². The number of nitrogens with zero attached hydrogens (tertiary/aromatic N) is 1. The van der Waals surface area contributed by atoms with Crippen LogP contribution in [0.2, 0.25) is 0 Å². The molecule has 22 heavy (non-hydrogen) atoms. The first-order chi connectivity index (χ1) is 10.6. The van der Waals surface area contributed by atoms with Crippen LogP contribution in [-0.2, 0) is 21.0 Å². The maximum Gasteiger partial charge on any atom is 0.408 e. The number of rotatable bonds is 4. The lowest BCUT2D eigenvalue weighted by atomic mass is 10.2. The Balaban J connectivity index is 1.47. The van der Waals surface area contributed by atoms with E-state index in [1.807, 2.05) is 42.5 Å². The SMILES string of the molecule is C[C@H](NC(=O)OCc1ccccc1)C(=O)N1O[C@@H]2C=C[C@H]1C2. The molecule has 0 radical (unpaired) electrons. The van der Waals surface area contributed by atoms with Gasteiger partial charge in [0.1, 0.15) is 18.8 Å². The Morgan fingerprint density at radius 3 is 2.77 bits per heavy atom. The van der Waals surface area contributed by atoms with Gasteiger partial charge in [-0.1, -0.05) is 42.5 Å². The number of carbonyl (C=O) groups excluding carboxylic acids is 2. The molecule has 1 saturated heterocycles. The molecule has 2 bridgehead atoms. The Morgan fingerprint density at radius 2 is 2.14 bits per heavy atom. The van der Waals surface area contributed by atoms with Crippen LogP contribution in [-0.4, -0.2) is 35.3 Å². The van der Waals surface area contributed by atoms with E-state index >= 15 is 0 Å². The lowest BCUT2D eigenvalue weighted by Gasteiger charge is -2.25. The Bertz CT molecular complexity index is 587. The third-order valence-corrected chi connectivity index (χ3v) is 3.71. The molecule has 1 aromatic rings. The molecule has 0 aromatic heterocycles. The zero-order valence-electron chi connectivity index (χ0n) is 12.3. The second-order valence-corrected chi connectivity index (χ2v) is 5.42. The minimum atomic E-state index is -0.698. The van der Waals surface area contributed by atoms with Crippen LogP contribution in [0, 0.1) is 0 Å². The Kier molecular flexibility index (Phi) is 4.11. The van der Waals surface area contributed by atoms with Gasteiger partial charge in [0.2, 0.25) is 0 Å². The zero-order valence-corrected chi connectivity index (χ0v) is 12.3. The van der Waals surface area contributed by atoms with Gasteiger partial charge < -0.3 is 10.1 Å². The van der Waals surface area contributed by atoms with E-state index in [4.69, 9.17) is 9.57 Å². The number of hydrogen-bond acceptors (Lipinski definition) is 4. The summed E-state index contributed by atoms with van der Waals surface area (Å²) in [5.74, 6) is -0.270. The van der Waals surface area contributed by atoms with E-state index in [1.54, 1.807) is 6.92 Å². The molecular weight excluding hydrogens is 284 g/mol. The average Bonchev–Trinajstić information content (AvgIpc) is 3.16. The van der Waals surface area contributed by atoms with Crippen LogP contribution >= 0.6 is 0 Å². The predicted molar refractivity (Wildman–Crippen MR) is 78.5 cm³/mol. The second kappa shape index (κ2) is 6.19. The van der Waals surface area contributed by atoms with Crippen molar-refractivity contribution in [2.45, 2.75) is 38.1 Å².